The molecule has 1 fully saturated rings. The summed E-state index contributed by atoms with van der Waals surface area (Å²) in [4.78, 5) is 50.2. The Balaban J connectivity index is 0.00000172. The van der Waals surface area contributed by atoms with Crippen LogP contribution in [0.25, 0.3) is 22.1 Å². The molecule has 1 N–H and O–H groups in total. The Morgan fingerprint density at radius 1 is 1.18 bits per heavy atom. The number of nitrogens with one attached hydrogen (secondary N) is 1. The second-order valence-corrected chi connectivity index (χ2v) is 10.0. The van der Waals surface area contributed by atoms with Crippen molar-refractivity contribution in [1.82, 2.24) is 29.3 Å². The minimum Gasteiger partial charge on any atom is -0.348 e. The zero-order valence-corrected chi connectivity index (χ0v) is 23.5. The van der Waals surface area contributed by atoms with Crippen LogP contribution in [-0.2, 0) is 31.4 Å². The molecule has 3 aromatic heterocycles. The van der Waals surface area contributed by atoms with E-state index in [-0.39, 0.29) is 37.4 Å². The highest BCUT2D eigenvalue weighted by Gasteiger charge is 2.41. The van der Waals surface area contributed by atoms with E-state index in [2.05, 4.69) is 10.3 Å². The van der Waals surface area contributed by atoms with Gasteiger partial charge in [-0.3, -0.25) is 19.0 Å². The van der Waals surface area contributed by atoms with E-state index in [1.165, 1.54) is 22.5 Å². The number of imidazole rings is 1. The van der Waals surface area contributed by atoms with Crippen molar-refractivity contribution >= 4 is 45.5 Å². The number of fused-ring (bicyclic) bond motifs is 3. The second kappa shape index (κ2) is 11.1. The molecule has 0 bridgehead atoms. The molecule has 0 saturated carbocycles. The van der Waals surface area contributed by atoms with Gasteiger partial charge >= 0.3 is 0 Å². The minimum absolute atomic E-state index is 0.0441. The Kier molecular flexibility index (Phi) is 8.06. The highest BCUT2D eigenvalue weighted by Crippen LogP contribution is 2.26. The third kappa shape index (κ3) is 5.52. The molecule has 11 heteroatoms. The number of aryl methyl sites for hydroxylation is 2. The third-order valence-corrected chi connectivity index (χ3v) is 6.92. The molecule has 4 aromatic rings. The summed E-state index contributed by atoms with van der Waals surface area (Å²) in [5, 5.41) is 3.82. The fourth-order valence-electron chi connectivity index (χ4n) is 4.67. The second-order valence-electron chi connectivity index (χ2n) is 9.59. The highest BCUT2D eigenvalue weighted by molar-refractivity contribution is 6.30. The lowest BCUT2D eigenvalue weighted by atomic mass is 9.99. The average Bonchev–Trinajstić information content (AvgIpc) is 3.24. The van der Waals surface area contributed by atoms with Crippen LogP contribution >= 0.6 is 11.6 Å². The summed E-state index contributed by atoms with van der Waals surface area (Å²) in [5.41, 5.74) is 0.137. The molecule has 0 atom stereocenters. The van der Waals surface area contributed by atoms with Crippen LogP contribution in [0, 0.1) is 0 Å². The molecular formula is C28H32ClFN6O3. The molecule has 5 rings (SSSR count). The zero-order chi connectivity index (χ0) is 28.5. The molecular weight excluding hydrogens is 523 g/mol. The molecule has 1 aromatic carbocycles. The number of pyridine rings is 2. The molecule has 9 nitrogen and oxygen atoms in total. The molecule has 0 unspecified atom stereocenters. The van der Waals surface area contributed by atoms with Crippen LogP contribution in [0.2, 0.25) is 5.02 Å². The first kappa shape index (κ1) is 28.2. The standard InChI is InChI=1S/C26H26ClFN6O3.C2H6/c1-4-20-31-22-17-9-18(24(36)30-10-15-5-7-16(27)8-6-15)25(37)34(23(17)29-11-19(22)32(20)3)12-21(35)33-13-26(2,28)14-33;1-2/h5-9,11H,4,10,12-14H2,1-3H3,(H,30,36);1-2H3. The maximum Gasteiger partial charge on any atom is 0.265 e. The smallest absolute Gasteiger partial charge is 0.265 e. The van der Waals surface area contributed by atoms with Gasteiger partial charge in [0.1, 0.15) is 34.8 Å². The number of alkyl halides is 1. The van der Waals surface area contributed by atoms with E-state index >= 15 is 0 Å². The number of hydrogen-bond acceptors (Lipinski definition) is 5. The van der Waals surface area contributed by atoms with Gasteiger partial charge in [0.05, 0.1) is 24.8 Å². The van der Waals surface area contributed by atoms with Crippen LogP contribution in [0.15, 0.2) is 41.3 Å². The van der Waals surface area contributed by atoms with Crippen molar-refractivity contribution < 1.29 is 14.0 Å². The number of hydrogen-bond donors (Lipinski definition) is 1. The lowest BCUT2D eigenvalue weighted by Crippen LogP contribution is -2.60. The summed E-state index contributed by atoms with van der Waals surface area (Å²) >= 11 is 5.93. The molecule has 0 spiro atoms. The first-order chi connectivity index (χ1) is 18.6. The molecule has 39 heavy (non-hydrogen) atoms. The van der Waals surface area contributed by atoms with Gasteiger partial charge in [-0.2, -0.15) is 0 Å². The Morgan fingerprint density at radius 2 is 1.85 bits per heavy atom. The van der Waals surface area contributed by atoms with Crippen molar-refractivity contribution in [3.63, 3.8) is 0 Å². The topological polar surface area (TPSA) is 102 Å². The summed E-state index contributed by atoms with van der Waals surface area (Å²) in [6.07, 6.45) is 2.28. The fraction of sp³-hybridized carbons (Fsp3) is 0.393. The van der Waals surface area contributed by atoms with Gasteiger partial charge < -0.3 is 14.8 Å². The fourth-order valence-corrected chi connectivity index (χ4v) is 4.79. The van der Waals surface area contributed by atoms with Crippen molar-refractivity contribution in [2.45, 2.75) is 52.9 Å². The lowest BCUT2D eigenvalue weighted by molar-refractivity contribution is -0.144. The number of halogens is 2. The van der Waals surface area contributed by atoms with E-state index in [0.29, 0.717) is 22.3 Å². The van der Waals surface area contributed by atoms with E-state index in [0.717, 1.165) is 16.9 Å². The third-order valence-electron chi connectivity index (χ3n) is 6.67. The van der Waals surface area contributed by atoms with Crippen LogP contribution in [0.1, 0.15) is 49.4 Å². The van der Waals surface area contributed by atoms with Crippen molar-refractivity contribution in [1.29, 1.82) is 0 Å². The summed E-state index contributed by atoms with van der Waals surface area (Å²) in [7, 11) is 1.87. The number of carbonyl (C=O) groups is 2. The van der Waals surface area contributed by atoms with E-state index in [1.54, 1.807) is 30.5 Å². The minimum atomic E-state index is -1.44. The van der Waals surface area contributed by atoms with Gasteiger partial charge in [-0.15, -0.1) is 0 Å². The molecule has 1 aliphatic rings. The summed E-state index contributed by atoms with van der Waals surface area (Å²) < 4.78 is 17.1. The van der Waals surface area contributed by atoms with Crippen LogP contribution in [-0.4, -0.2) is 54.6 Å². The summed E-state index contributed by atoms with van der Waals surface area (Å²) in [6.45, 7) is 7.13. The predicted molar refractivity (Wildman–Crippen MR) is 150 cm³/mol. The van der Waals surface area contributed by atoms with E-state index in [9.17, 15) is 18.8 Å². The maximum absolute atomic E-state index is 14.0. The monoisotopic (exact) mass is 554 g/mol. The van der Waals surface area contributed by atoms with Gasteiger partial charge in [0.15, 0.2) is 0 Å². The van der Waals surface area contributed by atoms with Gasteiger partial charge in [0.25, 0.3) is 11.5 Å². The molecule has 206 valence electrons. The van der Waals surface area contributed by atoms with Gasteiger partial charge in [-0.25, -0.2) is 14.4 Å². The Bertz CT molecular complexity index is 1600. The Labute approximate surface area is 230 Å². The van der Waals surface area contributed by atoms with E-state index in [1.807, 2.05) is 32.4 Å². The SMILES string of the molecule is CC.CCc1nc2c3cc(C(=O)NCc4ccc(Cl)cc4)c(=O)n(CC(=O)N4CC(C)(F)C4)c3ncc2n1C. The zero-order valence-electron chi connectivity index (χ0n) is 22.7. The first-order valence-electron chi connectivity index (χ1n) is 12.9. The van der Waals surface area contributed by atoms with Crippen molar-refractivity contribution in [2.24, 2.45) is 7.05 Å². The molecule has 2 amide bonds. The quantitative estimate of drug-likeness (QED) is 0.388. The molecule has 0 aliphatic carbocycles. The lowest BCUT2D eigenvalue weighted by Gasteiger charge is -2.42. The van der Waals surface area contributed by atoms with Crippen molar-refractivity contribution in [2.75, 3.05) is 13.1 Å². The maximum atomic E-state index is 14.0. The van der Waals surface area contributed by atoms with Crippen molar-refractivity contribution in [3.8, 4) is 0 Å². The van der Waals surface area contributed by atoms with Gasteiger partial charge in [-0.05, 0) is 30.7 Å². The van der Waals surface area contributed by atoms with Gasteiger partial charge in [0, 0.05) is 30.4 Å². The highest BCUT2D eigenvalue weighted by atomic mass is 35.5. The van der Waals surface area contributed by atoms with Crippen LogP contribution in [0.3, 0.4) is 0 Å². The van der Waals surface area contributed by atoms with Crippen LogP contribution in [0.5, 0.6) is 0 Å². The number of likely N-dealkylation sites (tertiary alicyclic amines) is 1. The predicted octanol–water partition coefficient (Wildman–Crippen LogP) is 4.03. The van der Waals surface area contributed by atoms with E-state index in [4.69, 9.17) is 16.6 Å². The van der Waals surface area contributed by atoms with Crippen LogP contribution < -0.4 is 10.9 Å². The molecule has 1 saturated heterocycles. The number of amides is 2. The van der Waals surface area contributed by atoms with Crippen molar-refractivity contribution in [3.05, 3.63) is 68.9 Å². The number of aromatic nitrogens is 4. The molecule has 4 heterocycles. The molecule has 1 aliphatic heterocycles. The Hall–Kier alpha value is -3.79. The van der Waals surface area contributed by atoms with Crippen LogP contribution in [0.4, 0.5) is 4.39 Å². The summed E-state index contributed by atoms with van der Waals surface area (Å²) in [5.74, 6) is -0.198. The van der Waals surface area contributed by atoms with Gasteiger partial charge in [-0.1, -0.05) is 44.5 Å². The molecule has 0 radical (unpaired) electrons. The normalized spacial score (nSPS) is 14.1. The number of nitrogens with zero attached hydrogens (tertiary/aromatic N) is 5. The number of benzene rings is 1. The Morgan fingerprint density at radius 3 is 2.46 bits per heavy atom. The summed E-state index contributed by atoms with van der Waals surface area (Å²) in [6, 6.07) is 8.47. The van der Waals surface area contributed by atoms with E-state index < -0.39 is 23.0 Å². The average molecular weight is 555 g/mol. The largest absolute Gasteiger partial charge is 0.348 e. The number of rotatable bonds is 6. The first-order valence-corrected chi connectivity index (χ1v) is 13.3. The van der Waals surface area contributed by atoms with Gasteiger partial charge in [0.2, 0.25) is 5.91 Å². The number of carbonyl (C=O) groups excluding carboxylic acids is 2.